The number of nitrogens with one attached hydrogen (secondary N) is 2. The van der Waals surface area contributed by atoms with Crippen molar-refractivity contribution in [2.45, 2.75) is 16.6 Å². The summed E-state index contributed by atoms with van der Waals surface area (Å²) in [7, 11) is -4.02. The van der Waals surface area contributed by atoms with Gasteiger partial charge in [0.25, 0.3) is 0 Å². The molecule has 0 saturated carbocycles. The van der Waals surface area contributed by atoms with E-state index in [0.717, 1.165) is 43.9 Å². The molecule has 1 aromatic heterocycles. The maximum absolute atomic E-state index is 13.2. The zero-order chi connectivity index (χ0) is 23.0. The Morgan fingerprint density at radius 3 is 2.41 bits per heavy atom. The van der Waals surface area contributed by atoms with E-state index in [1.54, 1.807) is 0 Å². The van der Waals surface area contributed by atoms with E-state index in [9.17, 15) is 22.4 Å². The third-order valence-corrected chi connectivity index (χ3v) is 7.15. The second-order valence-electron chi connectivity index (χ2n) is 7.28. The zero-order valence-corrected chi connectivity index (χ0v) is 18.3. The van der Waals surface area contributed by atoms with Gasteiger partial charge in [0.1, 0.15) is 16.8 Å². The number of furan rings is 1. The van der Waals surface area contributed by atoms with Crippen molar-refractivity contribution in [3.63, 3.8) is 0 Å². The van der Waals surface area contributed by atoms with Crippen LogP contribution in [0.4, 0.5) is 4.39 Å². The molecule has 1 fully saturated rings. The van der Waals surface area contributed by atoms with Crippen LogP contribution >= 0.6 is 0 Å². The average molecular weight is 468 g/mol. The fourth-order valence-electron chi connectivity index (χ4n) is 3.30. The molecular weight excluding hydrogens is 441 g/mol. The monoisotopic (exact) mass is 467 g/mol. The van der Waals surface area contributed by atoms with E-state index in [1.165, 1.54) is 18.4 Å². The summed E-state index contributed by atoms with van der Waals surface area (Å²) in [5.74, 6) is -2.26. The minimum atomic E-state index is -4.02. The van der Waals surface area contributed by atoms with Crippen molar-refractivity contribution in [1.29, 1.82) is 0 Å². The number of nitrogens with zero attached hydrogens (tertiary/aromatic N) is 1. The third kappa shape index (κ3) is 6.38. The van der Waals surface area contributed by atoms with Crippen molar-refractivity contribution in [2.24, 2.45) is 0 Å². The minimum absolute atomic E-state index is 0.0977. The zero-order valence-electron chi connectivity index (χ0n) is 17.5. The predicted molar refractivity (Wildman–Crippen MR) is 113 cm³/mol. The highest BCUT2D eigenvalue weighted by Crippen LogP contribution is 2.29. The van der Waals surface area contributed by atoms with Crippen LogP contribution in [0.1, 0.15) is 17.4 Å². The van der Waals surface area contributed by atoms with Gasteiger partial charge in [0, 0.05) is 26.2 Å². The van der Waals surface area contributed by atoms with E-state index in [4.69, 9.17) is 9.15 Å². The summed E-state index contributed by atoms with van der Waals surface area (Å²) >= 11 is 0. The Morgan fingerprint density at radius 2 is 1.75 bits per heavy atom. The highest BCUT2D eigenvalue weighted by Gasteiger charge is 2.32. The van der Waals surface area contributed by atoms with E-state index >= 15 is 0 Å². The molecule has 1 aromatic carbocycles. The number of carbonyl (C=O) groups is 2. The molecule has 2 heterocycles. The Labute approximate surface area is 185 Å². The molecule has 0 unspecified atom stereocenters. The molecule has 1 atom stereocenters. The molecule has 0 radical (unpaired) electrons. The molecule has 1 saturated heterocycles. The smallest absolute Gasteiger partial charge is 0.309 e. The number of amides is 2. The van der Waals surface area contributed by atoms with Gasteiger partial charge in [0.15, 0.2) is 9.84 Å². The molecule has 2 N–H and O–H groups in total. The van der Waals surface area contributed by atoms with Crippen LogP contribution in [0.2, 0.25) is 0 Å². The number of halogens is 1. The molecule has 0 aliphatic carbocycles. The molecule has 0 spiro atoms. The van der Waals surface area contributed by atoms with Crippen LogP contribution in [0, 0.1) is 5.82 Å². The van der Waals surface area contributed by atoms with Crippen LogP contribution in [0.15, 0.2) is 52.0 Å². The van der Waals surface area contributed by atoms with E-state index < -0.39 is 32.7 Å². The van der Waals surface area contributed by atoms with Gasteiger partial charge in [0.05, 0.1) is 24.4 Å². The minimum Gasteiger partial charge on any atom is -0.468 e. The Balaban J connectivity index is 1.54. The maximum atomic E-state index is 13.2. The predicted octanol–water partition coefficient (Wildman–Crippen LogP) is 0.888. The quantitative estimate of drug-likeness (QED) is 0.319. The van der Waals surface area contributed by atoms with E-state index in [0.29, 0.717) is 26.2 Å². The molecule has 32 heavy (non-hydrogen) atoms. The molecule has 0 bridgehead atoms. The van der Waals surface area contributed by atoms with Crippen molar-refractivity contribution < 1.29 is 31.6 Å². The van der Waals surface area contributed by atoms with Crippen molar-refractivity contribution in [3.8, 4) is 0 Å². The molecule has 1 aliphatic heterocycles. The molecule has 3 rings (SSSR count). The van der Waals surface area contributed by atoms with E-state index in [-0.39, 0.29) is 17.2 Å². The molecule has 2 amide bonds. The lowest BCUT2D eigenvalue weighted by Gasteiger charge is -2.26. The summed E-state index contributed by atoms with van der Waals surface area (Å²) in [5.41, 5.74) is 0. The maximum Gasteiger partial charge on any atom is 0.309 e. The molecule has 2 aromatic rings. The van der Waals surface area contributed by atoms with Crippen molar-refractivity contribution in [2.75, 3.05) is 45.9 Å². The van der Waals surface area contributed by atoms with Gasteiger partial charge in [-0.25, -0.2) is 12.8 Å². The van der Waals surface area contributed by atoms with Gasteiger partial charge < -0.3 is 19.8 Å². The van der Waals surface area contributed by atoms with E-state index in [1.807, 2.05) is 0 Å². The normalized spacial score (nSPS) is 15.8. The molecular formula is C21H26FN3O6S. The summed E-state index contributed by atoms with van der Waals surface area (Å²) in [4.78, 5) is 26.4. The number of sulfone groups is 1. The third-order valence-electron chi connectivity index (χ3n) is 5.07. The topological polar surface area (TPSA) is 118 Å². The van der Waals surface area contributed by atoms with Crippen LogP contribution in [0.5, 0.6) is 0 Å². The molecule has 174 valence electrons. The Morgan fingerprint density at radius 1 is 1.06 bits per heavy atom. The molecule has 11 heteroatoms. The summed E-state index contributed by atoms with van der Waals surface area (Å²) in [5, 5.41) is 3.61. The SMILES string of the molecule is O=C(NCCCN1CCOCC1)C(=O)NC[C@H](c1ccco1)S(=O)(=O)c1ccc(F)cc1. The molecule has 1 aliphatic rings. The first-order valence-corrected chi connectivity index (χ1v) is 11.8. The molecule has 9 nitrogen and oxygen atoms in total. The van der Waals surface area contributed by atoms with Gasteiger partial charge >= 0.3 is 11.8 Å². The van der Waals surface area contributed by atoms with Crippen molar-refractivity contribution in [1.82, 2.24) is 15.5 Å². The van der Waals surface area contributed by atoms with Crippen LogP contribution < -0.4 is 10.6 Å². The van der Waals surface area contributed by atoms with Gasteiger partial charge in [-0.1, -0.05) is 0 Å². The van der Waals surface area contributed by atoms with Gasteiger partial charge in [-0.3, -0.25) is 14.5 Å². The summed E-state index contributed by atoms with van der Waals surface area (Å²) < 4.78 is 49.8. The number of carbonyl (C=O) groups excluding carboxylic acids is 2. The Hall–Kier alpha value is -2.76. The van der Waals surface area contributed by atoms with Crippen LogP contribution in [0.3, 0.4) is 0 Å². The van der Waals surface area contributed by atoms with Gasteiger partial charge in [-0.15, -0.1) is 0 Å². The number of hydrogen-bond acceptors (Lipinski definition) is 7. The fourth-order valence-corrected chi connectivity index (χ4v) is 4.89. The Bertz CT molecular complexity index is 989. The first kappa shape index (κ1) is 23.9. The second-order valence-corrected chi connectivity index (χ2v) is 9.41. The lowest BCUT2D eigenvalue weighted by Crippen LogP contribution is -2.43. The van der Waals surface area contributed by atoms with Gasteiger partial charge in [-0.2, -0.15) is 0 Å². The Kier molecular flexibility index (Phi) is 8.37. The first-order chi connectivity index (χ1) is 15.4. The summed E-state index contributed by atoms with van der Waals surface area (Å²) in [6, 6.07) is 7.34. The number of benzene rings is 1. The lowest BCUT2D eigenvalue weighted by atomic mass is 10.3. The number of ether oxygens (including phenoxy) is 1. The summed E-state index contributed by atoms with van der Waals surface area (Å²) in [6.45, 7) is 3.77. The van der Waals surface area contributed by atoms with Crippen molar-refractivity contribution >= 4 is 21.7 Å². The van der Waals surface area contributed by atoms with Crippen LogP contribution in [-0.4, -0.2) is 71.1 Å². The number of rotatable bonds is 9. The number of hydrogen-bond donors (Lipinski definition) is 2. The standard InChI is InChI=1S/C21H26FN3O6S/c22-16-4-6-17(7-5-16)32(28,29)19(18-3-1-12-31-18)15-24-21(27)20(26)23-8-2-9-25-10-13-30-14-11-25/h1,3-7,12,19H,2,8-11,13-15H2,(H,23,26)(H,24,27)/t19-/m1/s1. The first-order valence-electron chi connectivity index (χ1n) is 10.3. The number of morpholine rings is 1. The largest absolute Gasteiger partial charge is 0.468 e. The van der Waals surface area contributed by atoms with Gasteiger partial charge in [-0.05, 0) is 49.4 Å². The van der Waals surface area contributed by atoms with E-state index in [2.05, 4.69) is 15.5 Å². The summed E-state index contributed by atoms with van der Waals surface area (Å²) in [6.07, 6.45) is 1.98. The van der Waals surface area contributed by atoms with Crippen LogP contribution in [0.25, 0.3) is 0 Å². The van der Waals surface area contributed by atoms with Gasteiger partial charge in [0.2, 0.25) is 0 Å². The van der Waals surface area contributed by atoms with Crippen LogP contribution in [-0.2, 0) is 24.2 Å². The van der Waals surface area contributed by atoms with Crippen molar-refractivity contribution in [3.05, 3.63) is 54.2 Å². The highest BCUT2D eigenvalue weighted by atomic mass is 32.2. The lowest BCUT2D eigenvalue weighted by molar-refractivity contribution is -0.139. The second kappa shape index (κ2) is 11.2. The highest BCUT2D eigenvalue weighted by molar-refractivity contribution is 7.91. The average Bonchev–Trinajstić information content (AvgIpc) is 3.32. The fraction of sp³-hybridized carbons (Fsp3) is 0.429.